The van der Waals surface area contributed by atoms with Crippen molar-refractivity contribution in [3.05, 3.63) is 65.5 Å². The van der Waals surface area contributed by atoms with Crippen molar-refractivity contribution in [3.8, 4) is 5.75 Å². The van der Waals surface area contributed by atoms with E-state index in [1.165, 1.54) is 12.1 Å². The van der Waals surface area contributed by atoms with Crippen molar-refractivity contribution >= 4 is 11.8 Å². The van der Waals surface area contributed by atoms with E-state index in [-0.39, 0.29) is 17.4 Å². The van der Waals surface area contributed by atoms with E-state index in [4.69, 9.17) is 4.74 Å². The molecule has 0 bridgehead atoms. The number of benzene rings is 2. The highest BCUT2D eigenvalue weighted by molar-refractivity contribution is 5.94. The Labute approximate surface area is 158 Å². The number of hydrogen-bond acceptors (Lipinski definition) is 3. The van der Waals surface area contributed by atoms with Crippen molar-refractivity contribution in [3.63, 3.8) is 0 Å². The fraction of sp³-hybridized carbons (Fsp3) is 0.333. The molecule has 1 aliphatic rings. The fourth-order valence-corrected chi connectivity index (χ4v) is 3.24. The number of amides is 2. The Balaban J connectivity index is 1.61. The lowest BCUT2D eigenvalue weighted by Crippen LogP contribution is -2.38. The Morgan fingerprint density at radius 2 is 1.74 bits per heavy atom. The summed E-state index contributed by atoms with van der Waals surface area (Å²) in [7, 11) is 1.59. The van der Waals surface area contributed by atoms with Gasteiger partial charge in [-0.2, -0.15) is 0 Å². The quantitative estimate of drug-likeness (QED) is 0.832. The summed E-state index contributed by atoms with van der Waals surface area (Å²) in [6.07, 6.45) is 0.961. The van der Waals surface area contributed by atoms with Crippen LogP contribution in [0.4, 0.5) is 4.39 Å². The molecule has 0 radical (unpaired) electrons. The van der Waals surface area contributed by atoms with E-state index < -0.39 is 5.82 Å². The van der Waals surface area contributed by atoms with Gasteiger partial charge in [-0.1, -0.05) is 24.3 Å². The minimum atomic E-state index is -0.516. The number of rotatable bonds is 4. The summed E-state index contributed by atoms with van der Waals surface area (Å²) >= 11 is 0. The lowest BCUT2D eigenvalue weighted by molar-refractivity contribution is -0.130. The van der Waals surface area contributed by atoms with Crippen LogP contribution in [0.5, 0.6) is 5.75 Å². The van der Waals surface area contributed by atoms with Gasteiger partial charge in [-0.05, 0) is 36.2 Å². The number of carbonyl (C=O) groups is 2. The van der Waals surface area contributed by atoms with Gasteiger partial charge in [0.25, 0.3) is 5.91 Å². The minimum absolute atomic E-state index is 0.0171. The normalized spacial score (nSPS) is 14.6. The van der Waals surface area contributed by atoms with Crippen LogP contribution < -0.4 is 4.74 Å². The van der Waals surface area contributed by atoms with E-state index in [2.05, 4.69) is 0 Å². The SMILES string of the molecule is COc1cccc(CC(=O)N2CCCN(C(=O)c3ccccc3F)CC2)c1. The Bertz CT molecular complexity index is 825. The van der Waals surface area contributed by atoms with Crippen molar-refractivity contribution in [2.75, 3.05) is 33.3 Å². The fourth-order valence-electron chi connectivity index (χ4n) is 3.24. The number of carbonyl (C=O) groups excluding carboxylic acids is 2. The number of halogens is 1. The second-order valence-electron chi connectivity index (χ2n) is 6.53. The number of hydrogen-bond donors (Lipinski definition) is 0. The van der Waals surface area contributed by atoms with E-state index >= 15 is 0 Å². The van der Waals surface area contributed by atoms with Crippen molar-refractivity contribution in [2.45, 2.75) is 12.8 Å². The van der Waals surface area contributed by atoms with Gasteiger partial charge in [0, 0.05) is 26.2 Å². The monoisotopic (exact) mass is 370 g/mol. The zero-order chi connectivity index (χ0) is 19.2. The van der Waals surface area contributed by atoms with Crippen LogP contribution in [-0.2, 0) is 11.2 Å². The van der Waals surface area contributed by atoms with Gasteiger partial charge in [0.2, 0.25) is 5.91 Å². The second kappa shape index (κ2) is 8.66. The summed E-state index contributed by atoms with van der Waals surface area (Å²) in [5.41, 5.74) is 0.969. The minimum Gasteiger partial charge on any atom is -0.497 e. The third kappa shape index (κ3) is 4.64. The molecule has 1 fully saturated rings. The molecule has 2 aromatic rings. The smallest absolute Gasteiger partial charge is 0.256 e. The topological polar surface area (TPSA) is 49.9 Å². The van der Waals surface area contributed by atoms with Crippen LogP contribution in [0.25, 0.3) is 0 Å². The van der Waals surface area contributed by atoms with Crippen molar-refractivity contribution in [1.29, 1.82) is 0 Å². The summed E-state index contributed by atoms with van der Waals surface area (Å²) < 4.78 is 19.1. The molecule has 6 heteroatoms. The largest absolute Gasteiger partial charge is 0.497 e. The van der Waals surface area contributed by atoms with Crippen LogP contribution in [0.2, 0.25) is 0 Å². The molecule has 5 nitrogen and oxygen atoms in total. The average molecular weight is 370 g/mol. The Kier molecular flexibility index (Phi) is 6.06. The molecule has 0 atom stereocenters. The van der Waals surface area contributed by atoms with E-state index in [0.29, 0.717) is 39.0 Å². The molecule has 0 N–H and O–H groups in total. The van der Waals surface area contributed by atoms with Gasteiger partial charge in [-0.3, -0.25) is 9.59 Å². The lowest BCUT2D eigenvalue weighted by Gasteiger charge is -2.22. The highest BCUT2D eigenvalue weighted by Gasteiger charge is 2.24. The molecule has 1 heterocycles. The van der Waals surface area contributed by atoms with Crippen molar-refractivity contribution < 1.29 is 18.7 Å². The summed E-state index contributed by atoms with van der Waals surface area (Å²) in [5.74, 6) is -0.103. The molecular formula is C21H23FN2O3. The summed E-state index contributed by atoms with van der Waals surface area (Å²) in [6, 6.07) is 13.4. The summed E-state index contributed by atoms with van der Waals surface area (Å²) in [6.45, 7) is 1.94. The number of methoxy groups -OCH3 is 1. The Morgan fingerprint density at radius 1 is 1.00 bits per heavy atom. The van der Waals surface area contributed by atoms with Crippen LogP contribution in [0, 0.1) is 5.82 Å². The van der Waals surface area contributed by atoms with Crippen LogP contribution in [-0.4, -0.2) is 54.9 Å². The van der Waals surface area contributed by atoms with Gasteiger partial charge in [-0.15, -0.1) is 0 Å². The molecule has 142 valence electrons. The Morgan fingerprint density at radius 3 is 2.52 bits per heavy atom. The third-order valence-corrected chi connectivity index (χ3v) is 4.73. The van der Waals surface area contributed by atoms with Crippen LogP contribution in [0.1, 0.15) is 22.3 Å². The molecule has 0 saturated carbocycles. The maximum absolute atomic E-state index is 13.9. The summed E-state index contributed by atoms with van der Waals surface area (Å²) in [4.78, 5) is 28.6. The molecule has 3 rings (SSSR count). The van der Waals surface area contributed by atoms with Crippen LogP contribution in [0.15, 0.2) is 48.5 Å². The summed E-state index contributed by atoms with van der Waals surface area (Å²) in [5, 5.41) is 0. The van der Waals surface area contributed by atoms with Gasteiger partial charge in [0.05, 0.1) is 19.1 Å². The first kappa shape index (κ1) is 18.9. The molecule has 2 aromatic carbocycles. The predicted octanol–water partition coefficient (Wildman–Crippen LogP) is 2.75. The highest BCUT2D eigenvalue weighted by atomic mass is 19.1. The third-order valence-electron chi connectivity index (χ3n) is 4.73. The molecule has 1 saturated heterocycles. The number of nitrogens with zero attached hydrogens (tertiary/aromatic N) is 2. The van der Waals surface area contributed by atoms with E-state index in [1.807, 2.05) is 24.3 Å². The predicted molar refractivity (Wildman–Crippen MR) is 100 cm³/mol. The van der Waals surface area contributed by atoms with E-state index in [0.717, 1.165) is 11.3 Å². The first-order valence-corrected chi connectivity index (χ1v) is 9.03. The first-order chi connectivity index (χ1) is 13.1. The van der Waals surface area contributed by atoms with Gasteiger partial charge in [-0.25, -0.2) is 4.39 Å². The molecule has 0 aliphatic carbocycles. The average Bonchev–Trinajstić information content (AvgIpc) is 2.94. The van der Waals surface area contributed by atoms with Gasteiger partial charge >= 0.3 is 0 Å². The van der Waals surface area contributed by atoms with Crippen LogP contribution in [0.3, 0.4) is 0 Å². The Hall–Kier alpha value is -2.89. The molecular weight excluding hydrogens is 347 g/mol. The van der Waals surface area contributed by atoms with Gasteiger partial charge in [0.15, 0.2) is 0 Å². The molecule has 2 amide bonds. The molecule has 27 heavy (non-hydrogen) atoms. The second-order valence-corrected chi connectivity index (χ2v) is 6.53. The van der Waals surface area contributed by atoms with E-state index in [9.17, 15) is 14.0 Å². The van der Waals surface area contributed by atoms with Crippen molar-refractivity contribution in [2.24, 2.45) is 0 Å². The van der Waals surface area contributed by atoms with Gasteiger partial charge < -0.3 is 14.5 Å². The lowest BCUT2D eigenvalue weighted by atomic mass is 10.1. The van der Waals surface area contributed by atoms with E-state index in [1.54, 1.807) is 29.0 Å². The highest BCUT2D eigenvalue weighted by Crippen LogP contribution is 2.16. The van der Waals surface area contributed by atoms with Crippen molar-refractivity contribution in [1.82, 2.24) is 9.80 Å². The molecule has 1 aliphatic heterocycles. The van der Waals surface area contributed by atoms with Crippen LogP contribution >= 0.6 is 0 Å². The molecule has 0 spiro atoms. The standard InChI is InChI=1S/C21H23FN2O3/c1-27-17-7-4-6-16(14-17)15-20(25)23-10-5-11-24(13-12-23)21(26)18-8-2-3-9-19(18)22/h2-4,6-9,14H,5,10-13,15H2,1H3. The first-order valence-electron chi connectivity index (χ1n) is 9.03. The molecule has 0 aromatic heterocycles. The molecule has 0 unspecified atom stereocenters. The maximum Gasteiger partial charge on any atom is 0.256 e. The zero-order valence-corrected chi connectivity index (χ0v) is 15.4. The number of ether oxygens (including phenoxy) is 1. The maximum atomic E-state index is 13.9. The zero-order valence-electron chi connectivity index (χ0n) is 15.4. The van der Waals surface area contributed by atoms with Gasteiger partial charge in [0.1, 0.15) is 11.6 Å².